The fraction of sp³-hybridized carbons (Fsp3) is 0.250. The molecule has 0 unspecified atom stereocenters. The Morgan fingerprint density at radius 2 is 1.83 bits per heavy atom. The van der Waals surface area contributed by atoms with Crippen LogP contribution in [0.5, 0.6) is 0 Å². The van der Waals surface area contributed by atoms with Crippen molar-refractivity contribution in [2.45, 2.75) is 25.7 Å². The molecule has 0 atom stereocenters. The maximum Gasteiger partial charge on any atom is 0.263 e. The lowest BCUT2D eigenvalue weighted by molar-refractivity contribution is 0.600. The number of aromatic nitrogens is 1. The quantitative estimate of drug-likeness (QED) is 0.941. The molecular weight excluding hydrogens is 268 g/mol. The van der Waals surface area contributed by atoms with Crippen molar-refractivity contribution in [1.29, 1.82) is 0 Å². The summed E-state index contributed by atoms with van der Waals surface area (Å²) in [5.74, 6) is 0. The highest BCUT2D eigenvalue weighted by molar-refractivity contribution is 7.93. The zero-order valence-corrected chi connectivity index (χ0v) is 12.0. The monoisotopic (exact) mass is 282 g/mol. The number of thiazole rings is 1. The van der Waals surface area contributed by atoms with Crippen molar-refractivity contribution in [2.75, 3.05) is 4.72 Å². The van der Waals surface area contributed by atoms with Gasteiger partial charge in [-0.05, 0) is 32.4 Å². The molecule has 0 saturated carbocycles. The number of hydrogen-bond donors (Lipinski definition) is 1. The van der Waals surface area contributed by atoms with E-state index in [-0.39, 0.29) is 4.90 Å². The first kappa shape index (κ1) is 13.0. The van der Waals surface area contributed by atoms with E-state index in [2.05, 4.69) is 9.71 Å². The molecule has 0 radical (unpaired) electrons. The second kappa shape index (κ2) is 4.70. The van der Waals surface area contributed by atoms with Gasteiger partial charge in [-0.1, -0.05) is 18.2 Å². The molecule has 0 aliphatic carbocycles. The molecule has 6 heteroatoms. The topological polar surface area (TPSA) is 59.1 Å². The van der Waals surface area contributed by atoms with Crippen LogP contribution in [-0.4, -0.2) is 13.4 Å². The van der Waals surface area contributed by atoms with Crippen LogP contribution in [0.3, 0.4) is 0 Å². The summed E-state index contributed by atoms with van der Waals surface area (Å²) in [6, 6.07) is 6.88. The highest BCUT2D eigenvalue weighted by Gasteiger charge is 2.18. The van der Waals surface area contributed by atoms with Crippen LogP contribution in [0.2, 0.25) is 0 Å². The van der Waals surface area contributed by atoms with Gasteiger partial charge in [-0.25, -0.2) is 13.4 Å². The van der Waals surface area contributed by atoms with Crippen molar-refractivity contribution in [3.05, 3.63) is 40.4 Å². The molecule has 0 aliphatic heterocycles. The van der Waals surface area contributed by atoms with Gasteiger partial charge in [0.25, 0.3) is 10.0 Å². The molecule has 0 saturated heterocycles. The van der Waals surface area contributed by atoms with E-state index >= 15 is 0 Å². The number of nitrogens with zero attached hydrogens (tertiary/aromatic N) is 1. The van der Waals surface area contributed by atoms with Crippen LogP contribution in [0.4, 0.5) is 5.13 Å². The Labute approximate surface area is 111 Å². The zero-order chi connectivity index (χ0) is 13.3. The Morgan fingerprint density at radius 3 is 2.39 bits per heavy atom. The molecule has 1 heterocycles. The summed E-state index contributed by atoms with van der Waals surface area (Å²) in [7, 11) is -3.55. The van der Waals surface area contributed by atoms with E-state index in [0.717, 1.165) is 16.1 Å². The molecule has 96 valence electrons. The first-order valence-corrected chi connectivity index (χ1v) is 7.72. The van der Waals surface area contributed by atoms with E-state index in [1.807, 2.05) is 19.9 Å². The van der Waals surface area contributed by atoms with Crippen molar-refractivity contribution in [2.24, 2.45) is 0 Å². The van der Waals surface area contributed by atoms with Crippen LogP contribution < -0.4 is 4.72 Å². The minimum Gasteiger partial charge on any atom is -0.255 e. The summed E-state index contributed by atoms with van der Waals surface area (Å²) < 4.78 is 26.9. The van der Waals surface area contributed by atoms with Gasteiger partial charge in [0, 0.05) is 4.88 Å². The predicted octanol–water partition coefficient (Wildman–Crippen LogP) is 2.87. The third-order valence-corrected chi connectivity index (χ3v) is 5.25. The number of hydrogen-bond acceptors (Lipinski definition) is 4. The van der Waals surface area contributed by atoms with Crippen LogP contribution in [0.25, 0.3) is 0 Å². The van der Waals surface area contributed by atoms with Gasteiger partial charge < -0.3 is 0 Å². The highest BCUT2D eigenvalue weighted by Crippen LogP contribution is 2.24. The Balaban J connectivity index is 2.36. The highest BCUT2D eigenvalue weighted by atomic mass is 32.2. The van der Waals surface area contributed by atoms with Crippen molar-refractivity contribution < 1.29 is 8.42 Å². The first-order chi connectivity index (χ1) is 8.40. The van der Waals surface area contributed by atoms with Crippen LogP contribution in [0.1, 0.15) is 16.1 Å². The molecule has 0 amide bonds. The summed E-state index contributed by atoms with van der Waals surface area (Å²) in [6.45, 7) is 5.54. The Hall–Kier alpha value is -1.40. The van der Waals surface area contributed by atoms with E-state index < -0.39 is 10.0 Å². The lowest BCUT2D eigenvalue weighted by Crippen LogP contribution is -2.13. The number of anilines is 1. The summed E-state index contributed by atoms with van der Waals surface area (Å²) >= 11 is 1.34. The molecule has 1 aromatic carbocycles. The second-order valence-corrected chi connectivity index (χ2v) is 6.89. The molecule has 1 N–H and O–H groups in total. The van der Waals surface area contributed by atoms with Crippen molar-refractivity contribution in [3.8, 4) is 0 Å². The fourth-order valence-corrected chi connectivity index (χ4v) is 3.84. The van der Waals surface area contributed by atoms with Crippen LogP contribution in [0, 0.1) is 20.8 Å². The number of sulfonamides is 1. The lowest BCUT2D eigenvalue weighted by atomic mass is 10.2. The smallest absolute Gasteiger partial charge is 0.255 e. The number of benzene rings is 1. The van der Waals surface area contributed by atoms with Crippen molar-refractivity contribution in [1.82, 2.24) is 4.98 Å². The number of aryl methyl sites for hydroxylation is 3. The van der Waals surface area contributed by atoms with Gasteiger partial charge in [-0.2, -0.15) is 0 Å². The molecule has 0 spiro atoms. The van der Waals surface area contributed by atoms with Crippen LogP contribution >= 0.6 is 11.3 Å². The molecule has 2 rings (SSSR count). The molecule has 0 fully saturated rings. The van der Waals surface area contributed by atoms with E-state index in [9.17, 15) is 8.42 Å². The zero-order valence-electron chi connectivity index (χ0n) is 10.4. The third-order valence-electron chi connectivity index (χ3n) is 2.63. The molecule has 4 nitrogen and oxygen atoms in total. The Bertz CT molecular complexity index is 656. The first-order valence-electron chi connectivity index (χ1n) is 5.42. The van der Waals surface area contributed by atoms with Crippen molar-refractivity contribution >= 4 is 26.5 Å². The average Bonchev–Trinajstić information content (AvgIpc) is 2.57. The predicted molar refractivity (Wildman–Crippen MR) is 73.6 cm³/mol. The summed E-state index contributed by atoms with van der Waals surface area (Å²) in [5.41, 5.74) is 1.57. The fourth-order valence-electron chi connectivity index (χ4n) is 1.54. The standard InChI is InChI=1S/C12H14N2O2S2/c1-8-6-4-5-7-11(8)18(15,16)14-12-13-9(2)10(3)17-12/h4-7H,1-3H3,(H,13,14). The number of nitrogens with one attached hydrogen (secondary N) is 1. The summed E-state index contributed by atoms with van der Waals surface area (Å²) in [6.07, 6.45) is 0. The molecule has 0 aliphatic rings. The maximum atomic E-state index is 12.2. The lowest BCUT2D eigenvalue weighted by Gasteiger charge is -2.07. The summed E-state index contributed by atoms with van der Waals surface area (Å²) in [4.78, 5) is 5.48. The van der Waals surface area contributed by atoms with Gasteiger partial charge in [-0.15, -0.1) is 11.3 Å². The van der Waals surface area contributed by atoms with E-state index in [0.29, 0.717) is 5.13 Å². The third kappa shape index (κ3) is 2.54. The number of rotatable bonds is 3. The molecule has 1 aromatic heterocycles. The van der Waals surface area contributed by atoms with Gasteiger partial charge in [0.05, 0.1) is 10.6 Å². The largest absolute Gasteiger partial charge is 0.263 e. The minimum absolute atomic E-state index is 0.288. The van der Waals surface area contributed by atoms with Gasteiger partial charge in [0.1, 0.15) is 0 Å². The Morgan fingerprint density at radius 1 is 1.17 bits per heavy atom. The molecule has 0 bridgehead atoms. The molecule has 18 heavy (non-hydrogen) atoms. The average molecular weight is 282 g/mol. The van der Waals surface area contributed by atoms with E-state index in [1.54, 1.807) is 25.1 Å². The van der Waals surface area contributed by atoms with Crippen LogP contribution in [-0.2, 0) is 10.0 Å². The minimum atomic E-state index is -3.55. The molecular formula is C12H14N2O2S2. The SMILES string of the molecule is Cc1ccccc1S(=O)(=O)Nc1nc(C)c(C)s1. The van der Waals surface area contributed by atoms with Gasteiger partial charge in [0.2, 0.25) is 0 Å². The van der Waals surface area contributed by atoms with Crippen LogP contribution in [0.15, 0.2) is 29.2 Å². The molecule has 2 aromatic rings. The second-order valence-electron chi connectivity index (χ2n) is 4.03. The summed E-state index contributed by atoms with van der Waals surface area (Å²) in [5, 5.41) is 0.410. The maximum absolute atomic E-state index is 12.2. The normalized spacial score (nSPS) is 11.5. The van der Waals surface area contributed by atoms with Gasteiger partial charge in [0.15, 0.2) is 5.13 Å². The Kier molecular flexibility index (Phi) is 3.41. The van der Waals surface area contributed by atoms with Gasteiger partial charge >= 0.3 is 0 Å². The van der Waals surface area contributed by atoms with E-state index in [1.165, 1.54) is 11.3 Å². The van der Waals surface area contributed by atoms with E-state index in [4.69, 9.17) is 0 Å². The van der Waals surface area contributed by atoms with Crippen molar-refractivity contribution in [3.63, 3.8) is 0 Å². The van der Waals surface area contributed by atoms with Gasteiger partial charge in [-0.3, -0.25) is 4.72 Å².